The van der Waals surface area contributed by atoms with Gasteiger partial charge >= 0.3 is 5.97 Å². The number of carbonyl (C=O) groups is 1. The number of aromatic hydroxyl groups is 8. The fourth-order valence-corrected chi connectivity index (χ4v) is 9.64. The molecule has 4 aliphatic rings. The summed E-state index contributed by atoms with van der Waals surface area (Å²) in [6, 6.07) is 18.5. The zero-order chi connectivity index (χ0) is 52.9. The number of benzene rings is 5. The van der Waals surface area contributed by atoms with E-state index in [-0.39, 0.29) is 39.3 Å². The average Bonchev–Trinajstić information content (AvgIpc) is 3.39. The van der Waals surface area contributed by atoms with E-state index in [9.17, 15) is 81.4 Å². The van der Waals surface area contributed by atoms with Crippen molar-refractivity contribution in [2.45, 2.75) is 98.2 Å². The summed E-state index contributed by atoms with van der Waals surface area (Å²) in [5, 5.41) is 164. The summed E-state index contributed by atoms with van der Waals surface area (Å²) in [5.74, 6) is -8.40. The van der Waals surface area contributed by atoms with E-state index in [1.807, 2.05) is 0 Å². The van der Waals surface area contributed by atoms with Crippen LogP contribution in [0.1, 0.15) is 51.5 Å². The number of hydrogen-bond acceptors (Lipinski definition) is 23. The maximum Gasteiger partial charge on any atom is 0.331 e. The van der Waals surface area contributed by atoms with Crippen LogP contribution in [-0.4, -0.2) is 169 Å². The predicted octanol–water partition coefficient (Wildman–Crippen LogP) is 0.908. The maximum absolute atomic E-state index is 13.3. The summed E-state index contributed by atoms with van der Waals surface area (Å²) >= 11 is 0. The second-order valence-corrected chi connectivity index (χ2v) is 18.1. The van der Waals surface area contributed by atoms with E-state index in [0.29, 0.717) is 5.56 Å². The molecule has 15 N–H and O–H groups in total. The lowest BCUT2D eigenvalue weighted by atomic mass is 9.77. The summed E-state index contributed by atoms with van der Waals surface area (Å²) in [5.41, 5.74) is -0.0777. The van der Waals surface area contributed by atoms with Crippen molar-refractivity contribution in [2.24, 2.45) is 0 Å². The topological polar surface area (TPSA) is 385 Å². The van der Waals surface area contributed by atoms with Crippen LogP contribution in [-0.2, 0) is 34.9 Å². The third kappa shape index (κ3) is 9.85. The molecule has 74 heavy (non-hydrogen) atoms. The van der Waals surface area contributed by atoms with E-state index >= 15 is 0 Å². The van der Waals surface area contributed by atoms with Gasteiger partial charge in [0.1, 0.15) is 89.4 Å². The quantitative estimate of drug-likeness (QED) is 0.0469. The molecule has 394 valence electrons. The van der Waals surface area contributed by atoms with Gasteiger partial charge in [-0.15, -0.1) is 0 Å². The Balaban J connectivity index is 1.19. The van der Waals surface area contributed by atoms with Crippen molar-refractivity contribution in [1.29, 1.82) is 0 Å². The van der Waals surface area contributed by atoms with E-state index in [1.54, 1.807) is 30.3 Å². The number of aliphatic hydroxyl groups is 7. The molecule has 0 amide bonds. The van der Waals surface area contributed by atoms with Crippen molar-refractivity contribution in [3.05, 3.63) is 124 Å². The Bertz CT molecular complexity index is 2880. The van der Waals surface area contributed by atoms with Gasteiger partial charge < -0.3 is 110 Å². The van der Waals surface area contributed by atoms with Gasteiger partial charge in [0, 0.05) is 47.4 Å². The fraction of sp³-hybridized carbons (Fsp3) is 0.353. The van der Waals surface area contributed by atoms with E-state index in [0.717, 1.165) is 48.5 Å². The van der Waals surface area contributed by atoms with Gasteiger partial charge in [0.25, 0.3) is 0 Å². The van der Waals surface area contributed by atoms with Gasteiger partial charge in [-0.2, -0.15) is 0 Å². The molecule has 2 fully saturated rings. The first-order valence-corrected chi connectivity index (χ1v) is 23.1. The lowest BCUT2D eigenvalue weighted by Gasteiger charge is -2.46. The summed E-state index contributed by atoms with van der Waals surface area (Å²) in [6.45, 7) is -1.74. The minimum absolute atomic E-state index is 0.0131. The minimum atomic E-state index is -2.06. The molecule has 5 aromatic rings. The molecule has 0 saturated carbocycles. The van der Waals surface area contributed by atoms with E-state index in [2.05, 4.69) is 0 Å². The second kappa shape index (κ2) is 21.0. The summed E-state index contributed by atoms with van der Waals surface area (Å²) < 4.78 is 43.3. The molecule has 23 heteroatoms. The highest BCUT2D eigenvalue weighted by atomic mass is 16.7. The molecule has 0 aromatic heterocycles. The largest absolute Gasteiger partial charge is 0.508 e. The van der Waals surface area contributed by atoms with Crippen molar-refractivity contribution >= 4 is 12.0 Å². The number of phenols is 8. The molecule has 4 heterocycles. The van der Waals surface area contributed by atoms with Gasteiger partial charge in [-0.3, -0.25) is 0 Å². The van der Waals surface area contributed by atoms with Gasteiger partial charge in [-0.25, -0.2) is 4.79 Å². The predicted molar refractivity (Wildman–Crippen MR) is 248 cm³/mol. The van der Waals surface area contributed by atoms with Crippen LogP contribution in [0.25, 0.3) is 6.08 Å². The SMILES string of the molecule is O=C(C=Cc1ccccc1)OC1C(OC2Cc3c(O)cc(O)c(C4c5c(O)cc(O)cc5OC(c5ccc(O)c(O)c5)C4OC4OC(CO)C(O)C(O)C4O)c3OC2c2ccc(O)c(O)c2)OC(CO)C(O)C1O. The summed E-state index contributed by atoms with van der Waals surface area (Å²) in [7, 11) is 0. The molecule has 23 nitrogen and oxygen atoms in total. The van der Waals surface area contributed by atoms with E-state index < -0.39 is 163 Å². The van der Waals surface area contributed by atoms with Crippen LogP contribution in [0.15, 0.2) is 91.0 Å². The molecule has 15 atom stereocenters. The highest BCUT2D eigenvalue weighted by Crippen LogP contribution is 2.59. The van der Waals surface area contributed by atoms with Gasteiger partial charge in [0.2, 0.25) is 0 Å². The molecule has 0 radical (unpaired) electrons. The van der Waals surface area contributed by atoms with Crippen LogP contribution in [0.2, 0.25) is 0 Å². The Morgan fingerprint density at radius 3 is 1.81 bits per heavy atom. The summed E-state index contributed by atoms with van der Waals surface area (Å²) in [4.78, 5) is 13.3. The summed E-state index contributed by atoms with van der Waals surface area (Å²) in [6.07, 6.45) is -22.6. The Labute approximate surface area is 418 Å². The molecule has 5 aromatic carbocycles. The number of esters is 1. The van der Waals surface area contributed by atoms with Crippen molar-refractivity contribution < 1.29 is 115 Å². The molecule has 9 rings (SSSR count). The van der Waals surface area contributed by atoms with Crippen LogP contribution >= 0.6 is 0 Å². The second-order valence-electron chi connectivity index (χ2n) is 18.1. The first kappa shape index (κ1) is 51.8. The molecule has 0 bridgehead atoms. The average molecular weight is 1030 g/mol. The molecule has 0 aliphatic carbocycles. The van der Waals surface area contributed by atoms with Crippen molar-refractivity contribution in [3.8, 4) is 57.5 Å². The Hall–Kier alpha value is -7.13. The van der Waals surface area contributed by atoms with Crippen molar-refractivity contribution in [3.63, 3.8) is 0 Å². The fourth-order valence-electron chi connectivity index (χ4n) is 9.64. The third-order valence-electron chi connectivity index (χ3n) is 13.4. The van der Waals surface area contributed by atoms with Gasteiger partial charge in [0.05, 0.1) is 19.1 Å². The number of aliphatic hydroxyl groups excluding tert-OH is 7. The monoisotopic (exact) mass is 1030 g/mol. The highest BCUT2D eigenvalue weighted by molar-refractivity contribution is 5.87. The molecule has 0 spiro atoms. The Morgan fingerprint density at radius 2 is 1.18 bits per heavy atom. The lowest BCUT2D eigenvalue weighted by Crippen LogP contribution is -2.61. The Morgan fingerprint density at radius 1 is 0.568 bits per heavy atom. The molecule has 15 unspecified atom stereocenters. The normalized spacial score (nSPS) is 30.7. The molecule has 4 aliphatic heterocycles. The van der Waals surface area contributed by atoms with Crippen molar-refractivity contribution in [2.75, 3.05) is 13.2 Å². The zero-order valence-electron chi connectivity index (χ0n) is 38.5. The number of hydrogen-bond donors (Lipinski definition) is 15. The van der Waals surface area contributed by atoms with Crippen molar-refractivity contribution in [1.82, 2.24) is 0 Å². The standard InChI is InChI=1S/C51H52O23/c52-18-34-40(63)42(65)44(67)50(70-34)74-48-39(37-30(60)14-23(54)15-32(37)68-46(48)22-8-10-26(56)29(59)13-22)38-31(61)17-27(57)24-16-33(45(73-47(24)38)21-7-9-25(55)28(58)12-21)69-51-49(43(66)41(64)35(19-53)71-51)72-36(62)11-6-20-4-2-1-3-5-20/h1-15,17,33-35,39-46,48-61,63-67H,16,18-19H2. The smallest absolute Gasteiger partial charge is 0.331 e. The first-order valence-electron chi connectivity index (χ1n) is 23.1. The van der Waals surface area contributed by atoms with Crippen LogP contribution in [0.5, 0.6) is 57.5 Å². The minimum Gasteiger partial charge on any atom is -0.508 e. The first-order chi connectivity index (χ1) is 35.4. The zero-order valence-corrected chi connectivity index (χ0v) is 38.5. The van der Waals surface area contributed by atoms with Crippen LogP contribution in [0, 0.1) is 0 Å². The number of ether oxygens (including phenoxy) is 7. The van der Waals surface area contributed by atoms with Crippen LogP contribution < -0.4 is 9.47 Å². The molecular formula is C51H52O23. The van der Waals surface area contributed by atoms with Gasteiger partial charge in [-0.05, 0) is 47.0 Å². The third-order valence-corrected chi connectivity index (χ3v) is 13.4. The molecule has 2 saturated heterocycles. The number of phenolic OH excluding ortho intramolecular Hbond substituents is 8. The van der Waals surface area contributed by atoms with E-state index in [4.69, 9.17) is 33.2 Å². The lowest BCUT2D eigenvalue weighted by molar-refractivity contribution is -0.319. The van der Waals surface area contributed by atoms with Gasteiger partial charge in [0.15, 0.2) is 53.9 Å². The van der Waals surface area contributed by atoms with Gasteiger partial charge in [-0.1, -0.05) is 42.5 Å². The Kier molecular flexibility index (Phi) is 14.7. The number of fused-ring (bicyclic) bond motifs is 2. The van der Waals surface area contributed by atoms with Crippen LogP contribution in [0.4, 0.5) is 0 Å². The van der Waals surface area contributed by atoms with Crippen LogP contribution in [0.3, 0.4) is 0 Å². The maximum atomic E-state index is 13.3. The number of rotatable bonds is 12. The number of carbonyl (C=O) groups excluding carboxylic acids is 1. The molecular weight excluding hydrogens is 981 g/mol. The van der Waals surface area contributed by atoms with E-state index in [1.165, 1.54) is 18.2 Å². The highest BCUT2D eigenvalue weighted by Gasteiger charge is 2.53.